The molecule has 30 heavy (non-hydrogen) atoms. The summed E-state index contributed by atoms with van der Waals surface area (Å²) < 4.78 is 0. The number of amides is 1. The molecule has 2 aliphatic rings. The van der Waals surface area contributed by atoms with Gasteiger partial charge in [-0.1, -0.05) is 37.6 Å². The third kappa shape index (κ3) is 3.26. The highest BCUT2D eigenvalue weighted by Crippen LogP contribution is 2.49. The van der Waals surface area contributed by atoms with Gasteiger partial charge < -0.3 is 14.8 Å². The monoisotopic (exact) mass is 405 g/mol. The molecule has 0 aromatic heterocycles. The van der Waals surface area contributed by atoms with E-state index in [1.807, 2.05) is 0 Å². The van der Waals surface area contributed by atoms with Crippen molar-refractivity contribution in [2.75, 3.05) is 4.90 Å². The van der Waals surface area contributed by atoms with Crippen molar-refractivity contribution in [3.63, 3.8) is 0 Å². The predicted molar refractivity (Wildman–Crippen MR) is 109 cm³/mol. The highest BCUT2D eigenvalue weighted by atomic mass is 16.6. The summed E-state index contributed by atoms with van der Waals surface area (Å²) in [6, 6.07) is 10.3. The quantitative estimate of drug-likeness (QED) is 0.431. The smallest absolute Gasteiger partial charge is 0.270 e. The van der Waals surface area contributed by atoms with Crippen molar-refractivity contribution < 1.29 is 19.6 Å². The second kappa shape index (κ2) is 7.74. The maximum atomic E-state index is 13.6. The topological polar surface area (TPSA) is 104 Å². The van der Waals surface area contributed by atoms with Gasteiger partial charge in [0.15, 0.2) is 0 Å². The summed E-state index contributed by atoms with van der Waals surface area (Å²) in [5.41, 5.74) is 1.61. The standard InChI is InChI=1S/C23H22N2O5/c1-2-5-20-18-9-4-8-17(18)19-13-15(23(27)28)10-11-21(19)24(20)22(26)14-6-3-7-16(12-14)25(29)30/h3-4,6-8,10-13,17-18,20H,2,5,9H2,1H3,(H,27,28)/p-1/t17-,18+,20+/m0/s1. The number of allylic oxidation sites excluding steroid dienone is 2. The Bertz CT molecular complexity index is 1060. The van der Waals surface area contributed by atoms with Crippen molar-refractivity contribution in [3.05, 3.63) is 81.4 Å². The SMILES string of the molecule is CCC[C@@H]1[C@@H]2CC=C[C@@H]2c2cc(C(=O)[O-])ccc2N1C(=O)c1cccc([N+](=O)[O-])c1. The van der Waals surface area contributed by atoms with Crippen LogP contribution in [0.15, 0.2) is 54.6 Å². The minimum Gasteiger partial charge on any atom is -0.545 e. The van der Waals surface area contributed by atoms with Crippen LogP contribution in [0.1, 0.15) is 58.4 Å². The van der Waals surface area contributed by atoms with Crippen molar-refractivity contribution in [2.24, 2.45) is 5.92 Å². The molecule has 0 saturated carbocycles. The first-order valence-electron chi connectivity index (χ1n) is 10.0. The Labute approximate surface area is 173 Å². The molecule has 1 aliphatic heterocycles. The van der Waals surface area contributed by atoms with Gasteiger partial charge in [-0.25, -0.2) is 0 Å². The van der Waals surface area contributed by atoms with Gasteiger partial charge in [0.25, 0.3) is 11.6 Å². The van der Waals surface area contributed by atoms with Crippen LogP contribution in [0.4, 0.5) is 11.4 Å². The number of hydrogen-bond donors (Lipinski definition) is 0. The molecule has 0 N–H and O–H groups in total. The molecule has 7 heteroatoms. The zero-order chi connectivity index (χ0) is 21.4. The van der Waals surface area contributed by atoms with Crippen molar-refractivity contribution in [1.29, 1.82) is 0 Å². The van der Waals surface area contributed by atoms with E-state index in [1.54, 1.807) is 23.1 Å². The number of anilines is 1. The maximum absolute atomic E-state index is 13.6. The van der Waals surface area contributed by atoms with Gasteiger partial charge in [0.2, 0.25) is 0 Å². The largest absolute Gasteiger partial charge is 0.545 e. The number of hydrogen-bond acceptors (Lipinski definition) is 5. The van der Waals surface area contributed by atoms with E-state index < -0.39 is 10.9 Å². The summed E-state index contributed by atoms with van der Waals surface area (Å²) in [6.07, 6.45) is 6.61. The number of fused-ring (bicyclic) bond motifs is 3. The maximum Gasteiger partial charge on any atom is 0.270 e. The van der Waals surface area contributed by atoms with Crippen LogP contribution in [0.3, 0.4) is 0 Å². The zero-order valence-corrected chi connectivity index (χ0v) is 16.5. The minimum atomic E-state index is -1.26. The van der Waals surface area contributed by atoms with E-state index in [2.05, 4.69) is 19.1 Å². The second-order valence-electron chi connectivity index (χ2n) is 7.75. The van der Waals surface area contributed by atoms with Crippen molar-refractivity contribution >= 4 is 23.3 Å². The van der Waals surface area contributed by atoms with E-state index in [4.69, 9.17) is 0 Å². The van der Waals surface area contributed by atoms with E-state index >= 15 is 0 Å². The number of benzene rings is 2. The number of carbonyl (C=O) groups excluding carboxylic acids is 2. The molecule has 0 spiro atoms. The number of aromatic carboxylic acids is 1. The summed E-state index contributed by atoms with van der Waals surface area (Å²) in [7, 11) is 0. The Balaban J connectivity index is 1.85. The lowest BCUT2D eigenvalue weighted by molar-refractivity contribution is -0.384. The average molecular weight is 405 g/mol. The lowest BCUT2D eigenvalue weighted by atomic mass is 9.76. The third-order valence-corrected chi connectivity index (χ3v) is 6.03. The van der Waals surface area contributed by atoms with Gasteiger partial charge >= 0.3 is 0 Å². The molecule has 3 atom stereocenters. The number of nitrogens with zero attached hydrogens (tertiary/aromatic N) is 2. The molecule has 7 nitrogen and oxygen atoms in total. The van der Waals surface area contributed by atoms with Crippen LogP contribution in [0.25, 0.3) is 0 Å². The van der Waals surface area contributed by atoms with Crippen LogP contribution in [0, 0.1) is 16.0 Å². The first kappa shape index (κ1) is 19.8. The van der Waals surface area contributed by atoms with Crippen LogP contribution >= 0.6 is 0 Å². The summed E-state index contributed by atoms with van der Waals surface area (Å²) in [6.45, 7) is 2.06. The highest BCUT2D eigenvalue weighted by molar-refractivity contribution is 6.08. The number of carbonyl (C=O) groups is 2. The molecule has 1 amide bonds. The zero-order valence-electron chi connectivity index (χ0n) is 16.5. The summed E-state index contributed by atoms with van der Waals surface area (Å²) in [5, 5.41) is 22.6. The first-order chi connectivity index (χ1) is 14.4. The number of carboxylic acid groups (broad SMARTS) is 1. The van der Waals surface area contributed by atoms with Gasteiger partial charge in [0.1, 0.15) is 0 Å². The highest BCUT2D eigenvalue weighted by Gasteiger charge is 2.43. The molecule has 0 fully saturated rings. The van der Waals surface area contributed by atoms with Gasteiger partial charge in [-0.05, 0) is 48.1 Å². The fourth-order valence-electron chi connectivity index (χ4n) is 4.73. The van der Waals surface area contributed by atoms with Crippen molar-refractivity contribution in [3.8, 4) is 0 Å². The van der Waals surface area contributed by atoms with Gasteiger partial charge in [-0.15, -0.1) is 0 Å². The Morgan fingerprint density at radius 1 is 1.17 bits per heavy atom. The fourth-order valence-corrected chi connectivity index (χ4v) is 4.73. The van der Waals surface area contributed by atoms with Crippen LogP contribution in [-0.2, 0) is 0 Å². The molecule has 1 aliphatic carbocycles. The van der Waals surface area contributed by atoms with Gasteiger partial charge in [0, 0.05) is 35.3 Å². The molecule has 154 valence electrons. The van der Waals surface area contributed by atoms with Crippen molar-refractivity contribution in [1.82, 2.24) is 0 Å². The molecule has 2 aromatic rings. The molecule has 0 radical (unpaired) electrons. The molecular weight excluding hydrogens is 384 g/mol. The molecule has 0 unspecified atom stereocenters. The van der Waals surface area contributed by atoms with E-state index in [9.17, 15) is 24.8 Å². The van der Waals surface area contributed by atoms with Crippen LogP contribution < -0.4 is 10.0 Å². The Morgan fingerprint density at radius 3 is 2.67 bits per heavy atom. The van der Waals surface area contributed by atoms with E-state index in [0.717, 1.165) is 24.8 Å². The Hall–Kier alpha value is -3.48. The first-order valence-corrected chi connectivity index (χ1v) is 10.0. The minimum absolute atomic E-state index is 0.0324. The third-order valence-electron chi connectivity index (χ3n) is 6.03. The molecule has 1 heterocycles. The number of non-ortho nitro benzene ring substituents is 1. The van der Waals surface area contributed by atoms with Crippen molar-refractivity contribution in [2.45, 2.75) is 38.1 Å². The number of rotatable bonds is 5. The summed E-state index contributed by atoms with van der Waals surface area (Å²) in [5.74, 6) is -1.41. The molecule has 0 bridgehead atoms. The lowest BCUT2D eigenvalue weighted by Gasteiger charge is -2.44. The molecule has 4 rings (SSSR count). The fraction of sp³-hybridized carbons (Fsp3) is 0.304. The van der Waals surface area contributed by atoms with Crippen LogP contribution in [0.2, 0.25) is 0 Å². The van der Waals surface area contributed by atoms with E-state index in [1.165, 1.54) is 24.3 Å². The van der Waals surface area contributed by atoms with Gasteiger partial charge in [-0.3, -0.25) is 14.9 Å². The Kier molecular flexibility index (Phi) is 5.11. The lowest BCUT2D eigenvalue weighted by Crippen LogP contribution is -2.49. The van der Waals surface area contributed by atoms with E-state index in [0.29, 0.717) is 5.69 Å². The van der Waals surface area contributed by atoms with E-state index in [-0.39, 0.29) is 40.6 Å². The van der Waals surface area contributed by atoms with Gasteiger partial charge in [-0.2, -0.15) is 0 Å². The Morgan fingerprint density at radius 2 is 1.97 bits per heavy atom. The number of nitro groups is 1. The summed E-state index contributed by atoms with van der Waals surface area (Å²) in [4.78, 5) is 37.4. The summed E-state index contributed by atoms with van der Waals surface area (Å²) >= 11 is 0. The molecule has 2 aromatic carbocycles. The van der Waals surface area contributed by atoms with Crippen LogP contribution in [0.5, 0.6) is 0 Å². The van der Waals surface area contributed by atoms with Crippen LogP contribution in [-0.4, -0.2) is 22.8 Å². The molecule has 0 saturated heterocycles. The molecular formula is C23H21N2O5-. The second-order valence-corrected chi connectivity index (χ2v) is 7.75. The number of carboxylic acids is 1. The normalized spacial score (nSPS) is 21.8. The predicted octanol–water partition coefficient (Wildman–Crippen LogP) is 3.45. The average Bonchev–Trinajstić information content (AvgIpc) is 3.23. The number of nitro benzene ring substituents is 1. The van der Waals surface area contributed by atoms with Gasteiger partial charge in [0.05, 0.1) is 10.9 Å².